The number of benzene rings is 1. The van der Waals surface area contributed by atoms with E-state index in [1.165, 1.54) is 11.3 Å². The molecule has 1 aliphatic heterocycles. The molecule has 1 aromatic rings. The van der Waals surface area contributed by atoms with Crippen molar-refractivity contribution in [1.29, 1.82) is 0 Å². The lowest BCUT2D eigenvalue weighted by Crippen LogP contribution is -2.49. The summed E-state index contributed by atoms with van der Waals surface area (Å²) in [5.74, 6) is 0. The topological polar surface area (TPSA) is 24.5 Å². The highest BCUT2D eigenvalue weighted by Gasteiger charge is 2.41. The van der Waals surface area contributed by atoms with E-state index >= 15 is 0 Å². The van der Waals surface area contributed by atoms with E-state index in [2.05, 4.69) is 69.3 Å². The zero-order valence-corrected chi connectivity index (χ0v) is 14.2. The first-order valence-electron chi connectivity index (χ1n) is 7.90. The third-order valence-corrected chi connectivity index (χ3v) is 4.30. The van der Waals surface area contributed by atoms with Crippen LogP contribution >= 0.6 is 0 Å². The van der Waals surface area contributed by atoms with Crippen LogP contribution in [0.3, 0.4) is 0 Å². The maximum absolute atomic E-state index is 5.92. The molecule has 0 aromatic heterocycles. The van der Waals surface area contributed by atoms with Crippen LogP contribution in [0, 0.1) is 12.3 Å². The lowest BCUT2D eigenvalue weighted by molar-refractivity contribution is -0.105. The molecular formula is C18H30N2O. The van der Waals surface area contributed by atoms with Crippen LogP contribution in [0.25, 0.3) is 0 Å². The van der Waals surface area contributed by atoms with Crippen molar-refractivity contribution in [2.45, 2.75) is 39.2 Å². The molecule has 0 bridgehead atoms. The van der Waals surface area contributed by atoms with Gasteiger partial charge in [0.25, 0.3) is 0 Å². The van der Waals surface area contributed by atoms with Crippen LogP contribution in [-0.4, -0.2) is 44.3 Å². The summed E-state index contributed by atoms with van der Waals surface area (Å²) in [5, 5.41) is 3.64. The molecule has 1 fully saturated rings. The summed E-state index contributed by atoms with van der Waals surface area (Å²) in [6.45, 7) is 9.50. The minimum absolute atomic E-state index is 0.0246. The van der Waals surface area contributed by atoms with Gasteiger partial charge in [0.1, 0.15) is 0 Å². The number of anilines is 1. The minimum atomic E-state index is -0.0246. The van der Waals surface area contributed by atoms with E-state index in [4.69, 9.17) is 4.74 Å². The molecule has 1 saturated heterocycles. The summed E-state index contributed by atoms with van der Waals surface area (Å²) in [6, 6.07) is 8.66. The summed E-state index contributed by atoms with van der Waals surface area (Å²) in [7, 11) is 4.33. The van der Waals surface area contributed by atoms with E-state index in [9.17, 15) is 0 Å². The Labute approximate surface area is 129 Å². The maximum Gasteiger partial charge on any atom is 0.0633 e. The Bertz CT molecular complexity index is 453. The molecular weight excluding hydrogens is 260 g/mol. The van der Waals surface area contributed by atoms with Crippen LogP contribution in [0.1, 0.15) is 32.3 Å². The Kier molecular flexibility index (Phi) is 4.95. The Morgan fingerprint density at radius 2 is 1.86 bits per heavy atom. The summed E-state index contributed by atoms with van der Waals surface area (Å²) >= 11 is 0. The number of hydrogen-bond acceptors (Lipinski definition) is 3. The lowest BCUT2D eigenvalue weighted by atomic mass is 9.73. The van der Waals surface area contributed by atoms with Gasteiger partial charge in [0.15, 0.2) is 0 Å². The van der Waals surface area contributed by atoms with Gasteiger partial charge in [-0.2, -0.15) is 0 Å². The average Bonchev–Trinajstić information content (AvgIpc) is 2.36. The largest absolute Gasteiger partial charge is 0.384 e. The summed E-state index contributed by atoms with van der Waals surface area (Å²) in [5.41, 5.74) is 2.76. The second-order valence-corrected chi connectivity index (χ2v) is 7.49. The number of nitrogens with zero attached hydrogens (tertiary/aromatic N) is 1. The fraction of sp³-hybridized carbons (Fsp3) is 0.667. The van der Waals surface area contributed by atoms with E-state index in [1.54, 1.807) is 0 Å². The molecule has 0 unspecified atom stereocenters. The van der Waals surface area contributed by atoms with Crippen LogP contribution in [0.5, 0.6) is 0 Å². The predicted molar refractivity (Wildman–Crippen MR) is 89.9 cm³/mol. The van der Waals surface area contributed by atoms with Gasteiger partial charge >= 0.3 is 0 Å². The molecule has 1 aliphatic rings. The van der Waals surface area contributed by atoms with Crippen LogP contribution in [0.15, 0.2) is 24.3 Å². The Hall–Kier alpha value is -1.06. The Morgan fingerprint density at radius 3 is 2.43 bits per heavy atom. The molecule has 1 aromatic carbocycles. The van der Waals surface area contributed by atoms with Gasteiger partial charge in [0.05, 0.1) is 5.60 Å². The van der Waals surface area contributed by atoms with Crippen molar-refractivity contribution in [3.63, 3.8) is 0 Å². The highest BCUT2D eigenvalue weighted by atomic mass is 16.5. The average molecular weight is 290 g/mol. The maximum atomic E-state index is 5.92. The zero-order valence-electron chi connectivity index (χ0n) is 14.2. The van der Waals surface area contributed by atoms with Gasteiger partial charge in [0.2, 0.25) is 0 Å². The van der Waals surface area contributed by atoms with Gasteiger partial charge in [-0.15, -0.1) is 0 Å². The predicted octanol–water partition coefficient (Wildman–Crippen LogP) is 3.54. The summed E-state index contributed by atoms with van der Waals surface area (Å²) in [6.07, 6.45) is 2.21. The normalized spacial score (nSPS) is 25.0. The fourth-order valence-electron chi connectivity index (χ4n) is 3.56. The third kappa shape index (κ3) is 4.72. The molecule has 1 atom stereocenters. The minimum Gasteiger partial charge on any atom is -0.384 e. The van der Waals surface area contributed by atoms with E-state index in [0.29, 0.717) is 0 Å². The number of rotatable bonds is 5. The van der Waals surface area contributed by atoms with Crippen LogP contribution < -0.4 is 5.32 Å². The summed E-state index contributed by atoms with van der Waals surface area (Å²) in [4.78, 5) is 2.30. The second kappa shape index (κ2) is 6.37. The summed E-state index contributed by atoms with van der Waals surface area (Å²) < 4.78 is 5.92. The van der Waals surface area contributed by atoms with Crippen LogP contribution in [0.4, 0.5) is 5.69 Å². The third-order valence-electron chi connectivity index (χ3n) is 4.30. The van der Waals surface area contributed by atoms with Gasteiger partial charge in [-0.1, -0.05) is 17.7 Å². The standard InChI is InChI=1S/C18H30N2O/c1-15-6-8-16(9-7-15)19-13-18(14-20(4)5)10-11-21-17(2,3)12-18/h6-9,19H,10-14H2,1-5H3/t18-/m0/s1. The molecule has 0 amide bonds. The van der Waals surface area contributed by atoms with Crippen molar-refractivity contribution in [2.75, 3.05) is 39.1 Å². The number of aryl methyl sites for hydroxylation is 1. The Morgan fingerprint density at radius 1 is 1.19 bits per heavy atom. The number of hydrogen-bond donors (Lipinski definition) is 1. The smallest absolute Gasteiger partial charge is 0.0633 e. The molecule has 1 heterocycles. The molecule has 2 rings (SSSR count). The van der Waals surface area contributed by atoms with Crippen molar-refractivity contribution in [2.24, 2.45) is 5.41 Å². The molecule has 3 heteroatoms. The first kappa shape index (κ1) is 16.3. The van der Waals surface area contributed by atoms with Gasteiger partial charge in [0, 0.05) is 30.8 Å². The number of ether oxygens (including phenoxy) is 1. The van der Waals surface area contributed by atoms with E-state index in [0.717, 1.165) is 32.5 Å². The fourth-order valence-corrected chi connectivity index (χ4v) is 3.56. The first-order chi connectivity index (χ1) is 9.80. The SMILES string of the molecule is Cc1ccc(NC[C@]2(CN(C)C)CCOC(C)(C)C2)cc1. The van der Waals surface area contributed by atoms with Gasteiger partial charge < -0.3 is 15.0 Å². The monoisotopic (exact) mass is 290 g/mol. The number of nitrogens with one attached hydrogen (secondary N) is 1. The molecule has 1 N–H and O–H groups in total. The molecule has 0 saturated carbocycles. The van der Waals surface area contributed by atoms with Gasteiger partial charge in [-0.3, -0.25) is 0 Å². The van der Waals surface area contributed by atoms with Crippen molar-refractivity contribution < 1.29 is 4.74 Å². The van der Waals surface area contributed by atoms with Gasteiger partial charge in [-0.25, -0.2) is 0 Å². The molecule has 0 spiro atoms. The van der Waals surface area contributed by atoms with E-state index < -0.39 is 0 Å². The second-order valence-electron chi connectivity index (χ2n) is 7.49. The first-order valence-corrected chi connectivity index (χ1v) is 7.90. The lowest BCUT2D eigenvalue weighted by Gasteiger charge is -2.46. The Balaban J connectivity index is 2.07. The quantitative estimate of drug-likeness (QED) is 0.897. The van der Waals surface area contributed by atoms with Crippen molar-refractivity contribution in [3.8, 4) is 0 Å². The zero-order chi connectivity index (χ0) is 15.5. The van der Waals surface area contributed by atoms with Crippen molar-refractivity contribution >= 4 is 5.69 Å². The van der Waals surface area contributed by atoms with Crippen LogP contribution in [0.2, 0.25) is 0 Å². The van der Waals surface area contributed by atoms with E-state index in [-0.39, 0.29) is 11.0 Å². The highest BCUT2D eigenvalue weighted by Crippen LogP contribution is 2.39. The van der Waals surface area contributed by atoms with Crippen LogP contribution in [-0.2, 0) is 4.74 Å². The molecule has 0 aliphatic carbocycles. The molecule has 21 heavy (non-hydrogen) atoms. The highest BCUT2D eigenvalue weighted by molar-refractivity contribution is 5.44. The van der Waals surface area contributed by atoms with Crippen molar-refractivity contribution in [1.82, 2.24) is 4.90 Å². The molecule has 118 valence electrons. The van der Waals surface area contributed by atoms with Gasteiger partial charge in [-0.05, 0) is 59.8 Å². The molecule has 3 nitrogen and oxygen atoms in total. The van der Waals surface area contributed by atoms with E-state index in [1.807, 2.05) is 0 Å². The molecule has 0 radical (unpaired) electrons. The van der Waals surface area contributed by atoms with Crippen molar-refractivity contribution in [3.05, 3.63) is 29.8 Å².